The summed E-state index contributed by atoms with van der Waals surface area (Å²) in [6.07, 6.45) is 0.115. The predicted octanol–water partition coefficient (Wildman–Crippen LogP) is 1.06. The van der Waals surface area contributed by atoms with Gasteiger partial charge < -0.3 is 9.26 Å². The van der Waals surface area contributed by atoms with Crippen molar-refractivity contribution in [2.24, 2.45) is 0 Å². The van der Waals surface area contributed by atoms with Crippen LogP contribution in [0.2, 0.25) is 0 Å². The molecule has 0 bridgehead atoms. The molecule has 1 aromatic carbocycles. The molecule has 1 amide bonds. The maximum Gasteiger partial charge on any atom is 0.249 e. The van der Waals surface area contributed by atoms with Crippen LogP contribution in [-0.2, 0) is 20.8 Å². The van der Waals surface area contributed by atoms with Crippen molar-refractivity contribution >= 4 is 16.9 Å². The van der Waals surface area contributed by atoms with Crippen LogP contribution in [0.15, 0.2) is 28.8 Å². The van der Waals surface area contributed by atoms with Gasteiger partial charge in [-0.3, -0.25) is 9.63 Å². The minimum atomic E-state index is -0.273. The van der Waals surface area contributed by atoms with Gasteiger partial charge in [-0.05, 0) is 12.1 Å². The monoisotopic (exact) mass is 250 g/mol. The molecule has 6 nitrogen and oxygen atoms in total. The van der Waals surface area contributed by atoms with Crippen molar-refractivity contribution in [3.63, 3.8) is 0 Å². The SMILES string of the molecule is COCCONC(=O)Cc1noc2ccccc12. The van der Waals surface area contributed by atoms with E-state index in [-0.39, 0.29) is 12.3 Å². The van der Waals surface area contributed by atoms with Crippen LogP contribution in [0.3, 0.4) is 0 Å². The molecule has 0 aliphatic rings. The zero-order valence-electron chi connectivity index (χ0n) is 10.0. The average molecular weight is 250 g/mol. The number of hydrogen-bond donors (Lipinski definition) is 1. The number of rotatable bonds is 6. The Kier molecular flexibility index (Phi) is 4.27. The van der Waals surface area contributed by atoms with Crippen LogP contribution in [0.25, 0.3) is 11.0 Å². The van der Waals surface area contributed by atoms with E-state index in [2.05, 4.69) is 10.6 Å². The third-order valence-electron chi connectivity index (χ3n) is 2.36. The summed E-state index contributed by atoms with van der Waals surface area (Å²) in [5.41, 5.74) is 3.58. The van der Waals surface area contributed by atoms with Gasteiger partial charge in [0.15, 0.2) is 5.58 Å². The standard InChI is InChI=1S/C12H14N2O4/c1-16-6-7-17-14-12(15)8-10-9-4-2-3-5-11(9)18-13-10/h2-5H,6-8H2,1H3,(H,14,15). The lowest BCUT2D eigenvalue weighted by Crippen LogP contribution is -2.27. The quantitative estimate of drug-likeness (QED) is 0.613. The first-order chi connectivity index (χ1) is 8.81. The number of carbonyl (C=O) groups is 1. The summed E-state index contributed by atoms with van der Waals surface area (Å²) in [6, 6.07) is 7.39. The topological polar surface area (TPSA) is 73.6 Å². The number of hydroxylamine groups is 1. The van der Waals surface area contributed by atoms with Crippen molar-refractivity contribution in [2.45, 2.75) is 6.42 Å². The maximum absolute atomic E-state index is 11.6. The van der Waals surface area contributed by atoms with Gasteiger partial charge in [0.25, 0.3) is 0 Å². The maximum atomic E-state index is 11.6. The van der Waals surface area contributed by atoms with E-state index in [9.17, 15) is 4.79 Å². The molecular formula is C12H14N2O4. The molecule has 0 saturated carbocycles. The third kappa shape index (κ3) is 3.06. The lowest BCUT2D eigenvalue weighted by molar-refractivity contribution is -0.133. The van der Waals surface area contributed by atoms with Crippen LogP contribution >= 0.6 is 0 Å². The number of hydrogen-bond acceptors (Lipinski definition) is 5. The van der Waals surface area contributed by atoms with Gasteiger partial charge in [0, 0.05) is 12.5 Å². The lowest BCUT2D eigenvalue weighted by atomic mass is 10.2. The second kappa shape index (κ2) is 6.13. The second-order valence-electron chi connectivity index (χ2n) is 3.67. The Morgan fingerprint density at radius 1 is 1.39 bits per heavy atom. The summed E-state index contributed by atoms with van der Waals surface area (Å²) >= 11 is 0. The Morgan fingerprint density at radius 2 is 2.22 bits per heavy atom. The molecule has 0 aliphatic heterocycles. The van der Waals surface area contributed by atoms with Crippen molar-refractivity contribution in [3.8, 4) is 0 Å². The molecule has 0 spiro atoms. The number of nitrogens with zero attached hydrogens (tertiary/aromatic N) is 1. The van der Waals surface area contributed by atoms with Gasteiger partial charge in [0.05, 0.1) is 19.6 Å². The predicted molar refractivity (Wildman–Crippen MR) is 63.7 cm³/mol. The molecule has 1 heterocycles. The molecule has 0 radical (unpaired) electrons. The normalized spacial score (nSPS) is 10.7. The second-order valence-corrected chi connectivity index (χ2v) is 3.67. The van der Waals surface area contributed by atoms with E-state index in [0.29, 0.717) is 24.5 Å². The largest absolute Gasteiger partial charge is 0.382 e. The molecule has 2 aromatic rings. The molecule has 0 saturated heterocycles. The molecule has 18 heavy (non-hydrogen) atoms. The Bertz CT molecular complexity index is 524. The van der Waals surface area contributed by atoms with Crippen LogP contribution in [0.5, 0.6) is 0 Å². The highest BCUT2D eigenvalue weighted by Crippen LogP contribution is 2.17. The number of benzene rings is 1. The Balaban J connectivity index is 1.91. The summed E-state index contributed by atoms with van der Waals surface area (Å²) < 4.78 is 9.89. The Labute approximate surface area is 104 Å². The van der Waals surface area contributed by atoms with Gasteiger partial charge in [0.1, 0.15) is 5.69 Å². The number of nitrogens with one attached hydrogen (secondary N) is 1. The lowest BCUT2D eigenvalue weighted by Gasteiger charge is -2.03. The first kappa shape index (κ1) is 12.5. The molecule has 1 aromatic heterocycles. The van der Waals surface area contributed by atoms with Gasteiger partial charge in [-0.25, -0.2) is 5.48 Å². The molecule has 0 aliphatic carbocycles. The fraction of sp³-hybridized carbons (Fsp3) is 0.333. The van der Waals surface area contributed by atoms with Crippen molar-refractivity contribution in [1.82, 2.24) is 10.6 Å². The highest BCUT2D eigenvalue weighted by Gasteiger charge is 2.11. The van der Waals surface area contributed by atoms with Crippen molar-refractivity contribution in [3.05, 3.63) is 30.0 Å². The van der Waals surface area contributed by atoms with E-state index in [1.54, 1.807) is 13.2 Å². The number of carbonyl (C=O) groups excluding carboxylic acids is 1. The summed E-state index contributed by atoms with van der Waals surface area (Å²) in [7, 11) is 1.56. The van der Waals surface area contributed by atoms with E-state index in [0.717, 1.165) is 5.39 Å². The van der Waals surface area contributed by atoms with Gasteiger partial charge in [-0.15, -0.1) is 0 Å². The van der Waals surface area contributed by atoms with E-state index >= 15 is 0 Å². The summed E-state index contributed by atoms with van der Waals surface area (Å²) in [5.74, 6) is -0.273. The molecular weight excluding hydrogens is 236 g/mol. The van der Waals surface area contributed by atoms with Crippen LogP contribution < -0.4 is 5.48 Å². The number of aromatic nitrogens is 1. The number of ether oxygens (including phenoxy) is 1. The first-order valence-corrected chi connectivity index (χ1v) is 5.54. The average Bonchev–Trinajstić information content (AvgIpc) is 2.78. The number of methoxy groups -OCH3 is 1. The Hall–Kier alpha value is -1.92. The van der Waals surface area contributed by atoms with Gasteiger partial charge >= 0.3 is 0 Å². The number of fused-ring (bicyclic) bond motifs is 1. The van der Waals surface area contributed by atoms with Gasteiger partial charge in [0.2, 0.25) is 5.91 Å². The fourth-order valence-electron chi connectivity index (χ4n) is 1.51. The molecule has 0 fully saturated rings. The zero-order valence-corrected chi connectivity index (χ0v) is 10.0. The summed E-state index contributed by atoms with van der Waals surface area (Å²) in [4.78, 5) is 16.5. The first-order valence-electron chi connectivity index (χ1n) is 5.54. The molecule has 96 valence electrons. The van der Waals surface area contributed by atoms with Gasteiger partial charge in [-0.1, -0.05) is 17.3 Å². The zero-order chi connectivity index (χ0) is 12.8. The smallest absolute Gasteiger partial charge is 0.249 e. The van der Waals surface area contributed by atoms with E-state index < -0.39 is 0 Å². The molecule has 0 unspecified atom stereocenters. The molecule has 2 rings (SSSR count). The van der Waals surface area contributed by atoms with Crippen LogP contribution in [0, 0.1) is 0 Å². The molecule has 6 heteroatoms. The van der Waals surface area contributed by atoms with E-state index in [4.69, 9.17) is 14.1 Å². The fourth-order valence-corrected chi connectivity index (χ4v) is 1.51. The summed E-state index contributed by atoms with van der Waals surface area (Å²) in [5, 5.41) is 4.70. The third-order valence-corrected chi connectivity index (χ3v) is 2.36. The van der Waals surface area contributed by atoms with Crippen molar-refractivity contribution in [1.29, 1.82) is 0 Å². The number of para-hydroxylation sites is 1. The summed E-state index contributed by atoms with van der Waals surface area (Å²) in [6.45, 7) is 0.731. The number of amides is 1. The molecule has 0 atom stereocenters. The van der Waals surface area contributed by atoms with Crippen LogP contribution in [0.4, 0.5) is 0 Å². The minimum absolute atomic E-state index is 0.115. The van der Waals surface area contributed by atoms with E-state index in [1.807, 2.05) is 18.2 Å². The van der Waals surface area contributed by atoms with E-state index in [1.165, 1.54) is 0 Å². The molecule has 1 N–H and O–H groups in total. The van der Waals surface area contributed by atoms with Gasteiger partial charge in [-0.2, -0.15) is 0 Å². The Morgan fingerprint density at radius 3 is 3.06 bits per heavy atom. The van der Waals surface area contributed by atoms with Crippen molar-refractivity contribution in [2.75, 3.05) is 20.3 Å². The van der Waals surface area contributed by atoms with Crippen LogP contribution in [0.1, 0.15) is 5.69 Å². The highest BCUT2D eigenvalue weighted by atomic mass is 16.7. The minimum Gasteiger partial charge on any atom is -0.382 e. The van der Waals surface area contributed by atoms with Crippen LogP contribution in [-0.4, -0.2) is 31.4 Å². The highest BCUT2D eigenvalue weighted by molar-refractivity contribution is 5.85. The van der Waals surface area contributed by atoms with Crippen molar-refractivity contribution < 1.29 is 18.9 Å².